The average molecular weight is 555 g/mol. The topological polar surface area (TPSA) is 90.4 Å². The lowest BCUT2D eigenvalue weighted by Crippen LogP contribution is -2.62. The van der Waals surface area contributed by atoms with Crippen LogP contribution in [0.25, 0.3) is 0 Å². The Balaban J connectivity index is 2.18. The minimum absolute atomic E-state index is 0.105. The van der Waals surface area contributed by atoms with Gasteiger partial charge in [0.15, 0.2) is 0 Å². The molecular formula is C26H40BrN3O5. The van der Waals surface area contributed by atoms with Gasteiger partial charge in [0.05, 0.1) is 30.6 Å². The highest BCUT2D eigenvalue weighted by atomic mass is 79.9. The van der Waals surface area contributed by atoms with Crippen molar-refractivity contribution in [3.05, 3.63) is 25.3 Å². The number of likely N-dealkylation sites (tertiary alicyclic amines) is 1. The van der Waals surface area contributed by atoms with Gasteiger partial charge in [-0.25, -0.2) is 0 Å². The molecule has 3 saturated heterocycles. The predicted molar refractivity (Wildman–Crippen MR) is 138 cm³/mol. The fourth-order valence-corrected chi connectivity index (χ4v) is 7.06. The van der Waals surface area contributed by atoms with Gasteiger partial charge in [0, 0.05) is 30.5 Å². The number of hydrogen-bond donors (Lipinski definition) is 1. The summed E-state index contributed by atoms with van der Waals surface area (Å²) in [5.41, 5.74) is -1.69. The number of aliphatic hydroxyl groups excluding tert-OH is 1. The molecule has 0 aromatic rings. The molecule has 0 aromatic heterocycles. The van der Waals surface area contributed by atoms with Crippen molar-refractivity contribution in [3.8, 4) is 0 Å². The minimum atomic E-state index is -1.16. The van der Waals surface area contributed by atoms with E-state index < -0.39 is 41.2 Å². The van der Waals surface area contributed by atoms with Crippen LogP contribution in [-0.4, -0.2) is 98.4 Å². The number of carbonyl (C=O) groups is 3. The van der Waals surface area contributed by atoms with E-state index in [1.807, 2.05) is 34.6 Å². The van der Waals surface area contributed by atoms with Gasteiger partial charge in [0.25, 0.3) is 0 Å². The largest absolute Gasteiger partial charge is 0.394 e. The maximum Gasteiger partial charge on any atom is 0.249 e. The Kier molecular flexibility index (Phi) is 7.95. The fourth-order valence-electron chi connectivity index (χ4n) is 6.12. The van der Waals surface area contributed by atoms with Gasteiger partial charge >= 0.3 is 0 Å². The number of amides is 3. The Morgan fingerprint density at radius 2 is 1.86 bits per heavy atom. The molecule has 3 fully saturated rings. The van der Waals surface area contributed by atoms with Gasteiger partial charge < -0.3 is 24.5 Å². The Morgan fingerprint density at radius 1 is 1.26 bits per heavy atom. The molecule has 2 bridgehead atoms. The fraction of sp³-hybridized carbons (Fsp3) is 0.731. The number of alkyl halides is 1. The van der Waals surface area contributed by atoms with Crippen molar-refractivity contribution >= 4 is 33.7 Å². The first-order valence-electron chi connectivity index (χ1n) is 12.3. The Hall–Kier alpha value is -1.71. The van der Waals surface area contributed by atoms with Gasteiger partial charge in [-0.2, -0.15) is 0 Å². The van der Waals surface area contributed by atoms with Crippen LogP contribution in [0.5, 0.6) is 0 Å². The van der Waals surface area contributed by atoms with Crippen LogP contribution in [0.15, 0.2) is 25.3 Å². The molecule has 3 heterocycles. The minimum Gasteiger partial charge on any atom is -0.394 e. The zero-order valence-corrected chi connectivity index (χ0v) is 23.3. The summed E-state index contributed by atoms with van der Waals surface area (Å²) in [6.07, 6.45) is 3.22. The number of rotatable bonds is 9. The number of halogens is 1. The van der Waals surface area contributed by atoms with Gasteiger partial charge in [-0.15, -0.1) is 13.2 Å². The molecule has 0 aromatic carbocycles. The van der Waals surface area contributed by atoms with Crippen molar-refractivity contribution in [2.45, 2.75) is 75.2 Å². The number of fused-ring (bicyclic) bond motifs is 1. The predicted octanol–water partition coefficient (Wildman–Crippen LogP) is 2.21. The molecule has 0 radical (unpaired) electrons. The maximum absolute atomic E-state index is 14.3. The summed E-state index contributed by atoms with van der Waals surface area (Å²) in [5, 5.41) is 10.3. The van der Waals surface area contributed by atoms with Gasteiger partial charge in [0.1, 0.15) is 11.6 Å². The monoisotopic (exact) mass is 553 g/mol. The zero-order chi connectivity index (χ0) is 26.5. The zero-order valence-electron chi connectivity index (χ0n) is 21.7. The van der Waals surface area contributed by atoms with Crippen LogP contribution in [0.2, 0.25) is 0 Å². The maximum atomic E-state index is 14.3. The van der Waals surface area contributed by atoms with E-state index in [4.69, 9.17) is 4.74 Å². The molecule has 35 heavy (non-hydrogen) atoms. The number of carbonyl (C=O) groups excluding carboxylic acids is 3. The molecule has 3 rings (SSSR count). The summed E-state index contributed by atoms with van der Waals surface area (Å²) in [5.74, 6) is -2.37. The first-order chi connectivity index (χ1) is 16.3. The van der Waals surface area contributed by atoms with Crippen LogP contribution in [0.4, 0.5) is 0 Å². The normalized spacial score (nSPS) is 32.5. The first kappa shape index (κ1) is 27.9. The van der Waals surface area contributed by atoms with Crippen molar-refractivity contribution in [1.82, 2.24) is 14.7 Å². The summed E-state index contributed by atoms with van der Waals surface area (Å²) in [6.45, 7) is 17.5. The Labute approximate surface area is 217 Å². The highest BCUT2D eigenvalue weighted by Crippen LogP contribution is 2.61. The molecule has 7 atom stereocenters. The van der Waals surface area contributed by atoms with E-state index in [-0.39, 0.29) is 35.1 Å². The van der Waals surface area contributed by atoms with Gasteiger partial charge in [-0.05, 0) is 33.1 Å². The lowest BCUT2D eigenvalue weighted by molar-refractivity contribution is -0.155. The quantitative estimate of drug-likeness (QED) is 0.349. The third-order valence-corrected chi connectivity index (χ3v) is 8.57. The molecular weight excluding hydrogens is 514 g/mol. The molecule has 8 nitrogen and oxygen atoms in total. The first-order valence-corrected chi connectivity index (χ1v) is 13.2. The second-order valence-corrected chi connectivity index (χ2v) is 12.5. The molecule has 3 aliphatic rings. The van der Waals surface area contributed by atoms with Crippen LogP contribution < -0.4 is 0 Å². The van der Waals surface area contributed by atoms with Crippen molar-refractivity contribution in [2.24, 2.45) is 17.8 Å². The van der Waals surface area contributed by atoms with E-state index in [1.165, 1.54) is 4.90 Å². The third kappa shape index (κ3) is 4.37. The number of aliphatic hydroxyl groups is 1. The van der Waals surface area contributed by atoms with Crippen molar-refractivity contribution < 1.29 is 24.2 Å². The molecule has 3 amide bonds. The Morgan fingerprint density at radius 3 is 2.34 bits per heavy atom. The SMILES string of the molecule is C=CCN(C)C(=O)[C@H]1[C@H]2C(=O)N([C@@H](CO)C(C)C)C(C(=O)N(CC=C)C(C)(C)C)C23CC(Br)[C@@H]1O3. The summed E-state index contributed by atoms with van der Waals surface area (Å²) in [7, 11) is 1.68. The third-order valence-electron chi connectivity index (χ3n) is 7.73. The van der Waals surface area contributed by atoms with E-state index in [0.29, 0.717) is 19.5 Å². The van der Waals surface area contributed by atoms with E-state index in [9.17, 15) is 19.5 Å². The molecule has 3 unspecified atom stereocenters. The Bertz CT molecular complexity index is 887. The summed E-state index contributed by atoms with van der Waals surface area (Å²) in [4.78, 5) is 46.7. The van der Waals surface area contributed by atoms with Crippen LogP contribution >= 0.6 is 15.9 Å². The molecule has 1 N–H and O–H groups in total. The summed E-state index contributed by atoms with van der Waals surface area (Å²) < 4.78 is 6.57. The van der Waals surface area contributed by atoms with Gasteiger partial charge in [0.2, 0.25) is 17.7 Å². The second kappa shape index (κ2) is 9.98. The van der Waals surface area contributed by atoms with Crippen LogP contribution in [0, 0.1) is 17.8 Å². The highest BCUT2D eigenvalue weighted by Gasteiger charge is 2.77. The van der Waals surface area contributed by atoms with Crippen molar-refractivity contribution in [2.75, 3.05) is 26.7 Å². The molecule has 0 aliphatic carbocycles. The van der Waals surface area contributed by atoms with E-state index >= 15 is 0 Å². The van der Waals surface area contributed by atoms with E-state index in [2.05, 4.69) is 29.1 Å². The van der Waals surface area contributed by atoms with Crippen LogP contribution in [-0.2, 0) is 19.1 Å². The van der Waals surface area contributed by atoms with Crippen molar-refractivity contribution in [1.29, 1.82) is 0 Å². The lowest BCUT2D eigenvalue weighted by atomic mass is 9.70. The number of likely N-dealkylation sites (N-methyl/N-ethyl adjacent to an activating group) is 1. The number of ether oxygens (including phenoxy) is 1. The standard InChI is InChI=1S/C26H40BrN3O5/c1-9-11-28(8)22(32)18-19-23(33)30(17(14-31)15(3)4)21(26(19)13-16(27)20(18)35-26)24(34)29(12-10-2)25(5,6)7/h9-10,15-21,31H,1-2,11-14H2,3-8H3/t16?,17-,18-,19-,20-,21?,26?/m0/s1. The smallest absolute Gasteiger partial charge is 0.249 e. The van der Waals surface area contributed by atoms with Gasteiger partial charge in [-0.1, -0.05) is 41.9 Å². The number of hydrogen-bond acceptors (Lipinski definition) is 5. The average Bonchev–Trinajstić information content (AvgIpc) is 3.35. The lowest BCUT2D eigenvalue weighted by Gasteiger charge is -2.44. The van der Waals surface area contributed by atoms with Crippen LogP contribution in [0.1, 0.15) is 41.0 Å². The summed E-state index contributed by atoms with van der Waals surface area (Å²) in [6, 6.07) is -1.54. The van der Waals surface area contributed by atoms with Crippen LogP contribution in [0.3, 0.4) is 0 Å². The molecule has 9 heteroatoms. The van der Waals surface area contributed by atoms with E-state index in [0.717, 1.165) is 0 Å². The molecule has 1 spiro atoms. The van der Waals surface area contributed by atoms with E-state index in [1.54, 1.807) is 29.0 Å². The molecule has 0 saturated carbocycles. The number of nitrogens with zero attached hydrogens (tertiary/aromatic N) is 3. The molecule has 196 valence electrons. The summed E-state index contributed by atoms with van der Waals surface area (Å²) >= 11 is 3.69. The molecule has 3 aliphatic heterocycles. The second-order valence-electron chi connectivity index (χ2n) is 11.3. The van der Waals surface area contributed by atoms with Crippen molar-refractivity contribution in [3.63, 3.8) is 0 Å². The highest BCUT2D eigenvalue weighted by molar-refractivity contribution is 9.09. The van der Waals surface area contributed by atoms with Gasteiger partial charge in [-0.3, -0.25) is 14.4 Å².